The fourth-order valence-corrected chi connectivity index (χ4v) is 3.83. The van der Waals surface area contributed by atoms with Gasteiger partial charge in [0.05, 0.1) is 18.4 Å². The number of nitrogens with zero attached hydrogens (tertiary/aromatic N) is 5. The number of ether oxygens (including phenoxy) is 1. The lowest BCUT2D eigenvalue weighted by Crippen LogP contribution is -2.36. The lowest BCUT2D eigenvalue weighted by molar-refractivity contribution is -0.119. The molecule has 0 unspecified atom stereocenters. The number of tetrazole rings is 1. The number of esters is 1. The zero-order chi connectivity index (χ0) is 33.7. The van der Waals surface area contributed by atoms with Gasteiger partial charge in [0.25, 0.3) is 22.5 Å². The van der Waals surface area contributed by atoms with Crippen molar-refractivity contribution in [2.24, 2.45) is 11.5 Å². The van der Waals surface area contributed by atoms with E-state index in [1.165, 1.54) is 31.4 Å². The van der Waals surface area contributed by atoms with Crippen LogP contribution in [0.25, 0.3) is 5.78 Å². The Bertz CT molecular complexity index is 2060. The van der Waals surface area contributed by atoms with Crippen molar-refractivity contribution in [1.29, 1.82) is 0 Å². The van der Waals surface area contributed by atoms with Gasteiger partial charge in [0.1, 0.15) is 28.9 Å². The molecule has 2 aromatic heterocycles. The van der Waals surface area contributed by atoms with Gasteiger partial charge in [-0.05, 0) is 45.8 Å². The van der Waals surface area contributed by atoms with E-state index in [0.29, 0.717) is 16.7 Å². The van der Waals surface area contributed by atoms with Gasteiger partial charge in [-0.2, -0.15) is 4.52 Å². The van der Waals surface area contributed by atoms with Crippen molar-refractivity contribution in [3.63, 3.8) is 0 Å². The number of nitrogen functional groups attached to an aromatic ring is 1. The monoisotopic (exact) mass is 650 g/mol. The fourth-order valence-electron chi connectivity index (χ4n) is 3.83. The number of fused-ring (bicyclic) bond motifs is 1. The van der Waals surface area contributed by atoms with Crippen LogP contribution in [0.1, 0.15) is 55.9 Å². The number of halogens is 1. The van der Waals surface area contributed by atoms with Crippen molar-refractivity contribution in [3.8, 4) is 0 Å². The second-order valence-corrected chi connectivity index (χ2v) is 9.28. The summed E-state index contributed by atoms with van der Waals surface area (Å²) in [6, 6.07) is 10.2. The van der Waals surface area contributed by atoms with Gasteiger partial charge in [-0.25, -0.2) is 19.0 Å². The average Bonchev–Trinajstić information content (AvgIpc) is 3.54. The number of aromatic nitrogens is 5. The van der Waals surface area contributed by atoms with Crippen LogP contribution in [0.2, 0.25) is 0 Å². The highest BCUT2D eigenvalue weighted by atomic mass is 19.1. The molecule has 0 fully saturated rings. The maximum absolute atomic E-state index is 14.0. The number of hydrogen-bond donors (Lipinski definition) is 6. The zero-order valence-corrected chi connectivity index (χ0v) is 23.6. The minimum absolute atomic E-state index is 0. The van der Waals surface area contributed by atoms with Crippen LogP contribution < -0.4 is 38.7 Å². The Balaban J connectivity index is 0.000000318. The molecular weight excluding hydrogens is 623 g/mol. The summed E-state index contributed by atoms with van der Waals surface area (Å²) < 4.78 is 19.4. The standard InChI is InChI=1S/C17H11FN8O5.C10H12N2O3.CH4/c18-7-2-1-6(3-8(7)21-12-11(19)13(27)14(12)28)5-20-15(29)9-4-10(16(30)31)26-17(22-9)23-24-25-26;1-15-10(14)7-4-2-6(3-5-7)8(11)9(12)13;/h1-4,21H,5,19H2,(H,20,29)(H,30,31);2-5,8H,11H2,1H3,(H2,12,13);1H4/t;8-;/m.1./s1. The van der Waals surface area contributed by atoms with Crippen LogP contribution in [-0.4, -0.2) is 61.0 Å². The van der Waals surface area contributed by atoms with Gasteiger partial charge < -0.3 is 37.7 Å². The first-order chi connectivity index (χ1) is 21.8. The number of primary amides is 1. The summed E-state index contributed by atoms with van der Waals surface area (Å²) in [5, 5.41) is 24.6. The van der Waals surface area contributed by atoms with Gasteiger partial charge in [0.15, 0.2) is 5.69 Å². The average molecular weight is 651 g/mol. The number of anilines is 3. The van der Waals surface area contributed by atoms with E-state index in [1.54, 1.807) is 12.1 Å². The van der Waals surface area contributed by atoms with Crippen molar-refractivity contribution in [2.45, 2.75) is 20.0 Å². The van der Waals surface area contributed by atoms with Crippen LogP contribution in [-0.2, 0) is 16.1 Å². The van der Waals surface area contributed by atoms with E-state index in [2.05, 4.69) is 35.9 Å². The lowest BCUT2D eigenvalue weighted by atomic mass is 10.1. The molecule has 5 rings (SSSR count). The molecule has 0 saturated carbocycles. The molecule has 47 heavy (non-hydrogen) atoms. The predicted octanol–water partition coefficient (Wildman–Crippen LogP) is -0.197. The third kappa shape index (κ3) is 7.54. The van der Waals surface area contributed by atoms with Crippen molar-refractivity contribution in [3.05, 3.63) is 103 Å². The van der Waals surface area contributed by atoms with Gasteiger partial charge in [0, 0.05) is 12.6 Å². The quantitative estimate of drug-likeness (QED) is 0.0889. The van der Waals surface area contributed by atoms with Gasteiger partial charge in [-0.1, -0.05) is 30.7 Å². The topological polar surface area (TPSA) is 290 Å². The smallest absolute Gasteiger partial charge is 0.354 e. The second-order valence-electron chi connectivity index (χ2n) is 9.28. The number of methoxy groups -OCH3 is 1. The Morgan fingerprint density at radius 1 is 1.06 bits per heavy atom. The molecule has 3 aromatic carbocycles. The first-order valence-electron chi connectivity index (χ1n) is 12.8. The van der Waals surface area contributed by atoms with Crippen molar-refractivity contribution in [1.82, 2.24) is 30.3 Å². The summed E-state index contributed by atoms with van der Waals surface area (Å²) in [4.78, 5) is 72.2. The van der Waals surface area contributed by atoms with Crippen LogP contribution in [0.4, 0.5) is 21.5 Å². The first kappa shape index (κ1) is 34.9. The normalized spacial score (nSPS) is 11.0. The third-order valence-electron chi connectivity index (χ3n) is 6.32. The van der Waals surface area contributed by atoms with E-state index >= 15 is 0 Å². The second kappa shape index (κ2) is 14.4. The highest BCUT2D eigenvalue weighted by Crippen LogP contribution is 2.22. The van der Waals surface area contributed by atoms with E-state index in [1.807, 2.05) is 0 Å². The molecule has 19 heteroatoms. The van der Waals surface area contributed by atoms with Crippen molar-refractivity contribution < 1.29 is 33.4 Å². The number of benzene rings is 2. The van der Waals surface area contributed by atoms with Crippen LogP contribution in [0.3, 0.4) is 0 Å². The molecule has 0 aliphatic rings. The van der Waals surface area contributed by atoms with Crippen molar-refractivity contribution >= 4 is 46.6 Å². The fraction of sp³-hybridized carbons (Fsp3) is 0.143. The van der Waals surface area contributed by atoms with Crippen LogP contribution in [0.15, 0.2) is 58.1 Å². The number of rotatable bonds is 9. The van der Waals surface area contributed by atoms with E-state index in [-0.39, 0.29) is 48.2 Å². The number of carboxylic acids is 1. The molecule has 0 saturated heterocycles. The number of carbonyl (C=O) groups excluding carboxylic acids is 3. The molecule has 2 heterocycles. The zero-order valence-electron chi connectivity index (χ0n) is 23.6. The molecule has 5 aromatic rings. The maximum Gasteiger partial charge on any atom is 0.354 e. The molecule has 244 valence electrons. The molecule has 0 bridgehead atoms. The number of nitrogens with two attached hydrogens (primary N) is 3. The highest BCUT2D eigenvalue weighted by Gasteiger charge is 2.20. The van der Waals surface area contributed by atoms with Crippen LogP contribution in [0.5, 0.6) is 0 Å². The Hall–Kier alpha value is -6.63. The summed E-state index contributed by atoms with van der Waals surface area (Å²) >= 11 is 0. The largest absolute Gasteiger partial charge is 0.477 e. The number of carboxylic acid groups (broad SMARTS) is 1. The Morgan fingerprint density at radius 2 is 1.74 bits per heavy atom. The molecule has 0 aliphatic carbocycles. The summed E-state index contributed by atoms with van der Waals surface area (Å²) in [6.45, 7) is -0.0879. The molecule has 0 radical (unpaired) electrons. The molecule has 1 atom stereocenters. The van der Waals surface area contributed by atoms with E-state index in [4.69, 9.17) is 17.2 Å². The number of nitrogens with one attached hydrogen (secondary N) is 2. The molecule has 18 nitrogen and oxygen atoms in total. The Morgan fingerprint density at radius 3 is 2.34 bits per heavy atom. The summed E-state index contributed by atoms with van der Waals surface area (Å²) in [5.41, 5.74) is 14.4. The number of amides is 2. The van der Waals surface area contributed by atoms with Crippen LogP contribution >= 0.6 is 0 Å². The molecular formula is C28H27FN10O8. The van der Waals surface area contributed by atoms with Gasteiger partial charge in [0.2, 0.25) is 5.91 Å². The lowest BCUT2D eigenvalue weighted by Gasteiger charge is -2.12. The third-order valence-corrected chi connectivity index (χ3v) is 6.32. The molecule has 9 N–H and O–H groups in total. The first-order valence-corrected chi connectivity index (χ1v) is 12.8. The minimum Gasteiger partial charge on any atom is -0.477 e. The Labute approximate surface area is 263 Å². The van der Waals surface area contributed by atoms with Crippen LogP contribution in [0, 0.1) is 5.82 Å². The molecule has 0 aliphatic heterocycles. The summed E-state index contributed by atoms with van der Waals surface area (Å²) in [7, 11) is 1.30. The van der Waals surface area contributed by atoms with E-state index in [9.17, 15) is 38.3 Å². The highest BCUT2D eigenvalue weighted by molar-refractivity contribution is 5.95. The van der Waals surface area contributed by atoms with E-state index in [0.717, 1.165) is 16.6 Å². The molecule has 0 spiro atoms. The Kier molecular flexibility index (Phi) is 10.7. The molecule has 2 amide bonds. The summed E-state index contributed by atoms with van der Waals surface area (Å²) in [6.07, 6.45) is 0. The minimum atomic E-state index is -1.36. The maximum atomic E-state index is 14.0. The van der Waals surface area contributed by atoms with Gasteiger partial charge in [-0.15, -0.1) is 0 Å². The van der Waals surface area contributed by atoms with Gasteiger partial charge in [-0.3, -0.25) is 19.2 Å². The summed E-state index contributed by atoms with van der Waals surface area (Å²) in [5.74, 6) is -4.02. The predicted molar refractivity (Wildman–Crippen MR) is 163 cm³/mol. The van der Waals surface area contributed by atoms with Gasteiger partial charge >= 0.3 is 11.9 Å². The number of aromatic carboxylic acids is 1. The number of hydrogen-bond acceptors (Lipinski definition) is 14. The SMILES string of the molecule is C.COC(=O)c1ccc([C@@H](N)C(N)=O)cc1.Nc1c(Nc2cc(CNC(=O)c3cc(C(=O)O)n4nnnc4n3)ccc2F)c(=O)c1=O. The van der Waals surface area contributed by atoms with Crippen molar-refractivity contribution in [2.75, 3.05) is 18.2 Å². The van der Waals surface area contributed by atoms with E-state index < -0.39 is 46.5 Å². The number of carbonyl (C=O) groups is 4.